The number of aliphatic hydroxyl groups is 1. The molecule has 0 aliphatic rings. The number of carbonyl (C=O) groups excluding carboxylic acids is 1. The number of halogens is 1. The number of aliphatic hydroxyl groups excluding tert-OH is 1. The van der Waals surface area contributed by atoms with E-state index in [2.05, 4.69) is 24.1 Å². The molecule has 1 aromatic carbocycles. The fraction of sp³-hybridized carbons (Fsp3) is 0.471. The Hall–Kier alpha value is -1.76. The Morgan fingerprint density at radius 3 is 2.79 bits per heavy atom. The molecular formula is C17H25ClN2O4. The predicted octanol–water partition coefficient (Wildman–Crippen LogP) is -2.40. The van der Waals surface area contributed by atoms with Gasteiger partial charge in [-0.15, -0.1) is 0 Å². The molecular weight excluding hydrogens is 332 g/mol. The number of carbonyl (C=O) groups is 1. The molecule has 1 unspecified atom stereocenters. The number of nitrogens with one attached hydrogen (secondary N) is 1. The number of fused-ring (bicyclic) bond motifs is 1. The summed E-state index contributed by atoms with van der Waals surface area (Å²) in [5.74, 6) is 0.360. The van der Waals surface area contributed by atoms with Gasteiger partial charge in [-0.2, -0.15) is 0 Å². The first-order chi connectivity index (χ1) is 11.0. The van der Waals surface area contributed by atoms with Crippen LogP contribution in [0.5, 0.6) is 5.75 Å². The van der Waals surface area contributed by atoms with Gasteiger partial charge < -0.3 is 37.3 Å². The molecule has 6 nitrogen and oxygen atoms in total. The number of quaternary nitrogens is 1. The molecule has 0 saturated carbocycles. The summed E-state index contributed by atoms with van der Waals surface area (Å²) in [6, 6.07) is 6.08. The lowest BCUT2D eigenvalue weighted by Gasteiger charge is -2.14. The minimum atomic E-state index is -0.546. The second-order valence-electron chi connectivity index (χ2n) is 5.93. The van der Waals surface area contributed by atoms with Crippen molar-refractivity contribution in [1.29, 1.82) is 0 Å². The highest BCUT2D eigenvalue weighted by Gasteiger charge is 2.15. The molecule has 24 heavy (non-hydrogen) atoms. The molecule has 0 spiro atoms. The van der Waals surface area contributed by atoms with E-state index in [9.17, 15) is 9.90 Å². The van der Waals surface area contributed by atoms with Crippen LogP contribution in [0.2, 0.25) is 0 Å². The third kappa shape index (κ3) is 5.40. The molecule has 0 aliphatic heterocycles. The van der Waals surface area contributed by atoms with Gasteiger partial charge in [0.2, 0.25) is 0 Å². The zero-order chi connectivity index (χ0) is 16.8. The molecule has 1 atom stereocenters. The highest BCUT2D eigenvalue weighted by molar-refractivity contribution is 5.92. The molecule has 0 saturated heterocycles. The Morgan fingerprint density at radius 2 is 2.12 bits per heavy atom. The Balaban J connectivity index is 0.00000288. The summed E-state index contributed by atoms with van der Waals surface area (Å²) in [5, 5.41) is 12.9. The Bertz CT molecular complexity index is 657. The first kappa shape index (κ1) is 20.3. The topological polar surface area (TPSA) is 88.2 Å². The average molecular weight is 357 g/mol. The monoisotopic (exact) mass is 356 g/mol. The maximum absolute atomic E-state index is 11.5. The van der Waals surface area contributed by atoms with Crippen LogP contribution in [0.4, 0.5) is 0 Å². The van der Waals surface area contributed by atoms with Crippen molar-refractivity contribution >= 4 is 16.9 Å². The second kappa shape index (κ2) is 9.52. The van der Waals surface area contributed by atoms with Gasteiger partial charge in [-0.1, -0.05) is 6.07 Å². The standard InChI is InChI=1S/C17H24N2O4.ClH/c1-11(2)18-9-13(20)10-23-15-6-4-5-14-17(15)12(8-19-14)7-16(21)22-3;/h4-6,8,11,13,18-20H,7,9-10H2,1-3H3;1H. The average Bonchev–Trinajstić information content (AvgIpc) is 2.94. The van der Waals surface area contributed by atoms with Gasteiger partial charge >= 0.3 is 5.97 Å². The summed E-state index contributed by atoms with van der Waals surface area (Å²) >= 11 is 0. The smallest absolute Gasteiger partial charge is 0.310 e. The number of esters is 1. The lowest BCUT2D eigenvalue weighted by atomic mass is 10.1. The van der Waals surface area contributed by atoms with Crippen molar-refractivity contribution in [1.82, 2.24) is 4.98 Å². The maximum Gasteiger partial charge on any atom is 0.310 e. The molecule has 0 fully saturated rings. The minimum absolute atomic E-state index is 0. The van der Waals surface area contributed by atoms with Crippen molar-refractivity contribution in [2.45, 2.75) is 32.4 Å². The molecule has 1 heterocycles. The van der Waals surface area contributed by atoms with Crippen molar-refractivity contribution < 1.29 is 37.1 Å². The fourth-order valence-electron chi connectivity index (χ4n) is 2.39. The third-order valence-electron chi connectivity index (χ3n) is 3.62. The Kier molecular flexibility index (Phi) is 8.04. The summed E-state index contributed by atoms with van der Waals surface area (Å²) in [6.07, 6.45) is 1.42. The number of H-pyrrole nitrogens is 1. The van der Waals surface area contributed by atoms with E-state index in [-0.39, 0.29) is 31.4 Å². The number of aromatic amines is 1. The Morgan fingerprint density at radius 1 is 1.38 bits per heavy atom. The summed E-state index contributed by atoms with van der Waals surface area (Å²) in [5.41, 5.74) is 1.72. The van der Waals surface area contributed by atoms with Crippen LogP contribution < -0.4 is 22.5 Å². The van der Waals surface area contributed by atoms with Gasteiger partial charge in [0, 0.05) is 17.1 Å². The molecule has 0 amide bonds. The zero-order valence-corrected chi connectivity index (χ0v) is 15.0. The molecule has 2 aromatic rings. The van der Waals surface area contributed by atoms with Gasteiger partial charge in [-0.3, -0.25) is 4.79 Å². The van der Waals surface area contributed by atoms with Crippen LogP contribution in [0, 0.1) is 0 Å². The molecule has 0 aliphatic carbocycles. The van der Waals surface area contributed by atoms with Crippen LogP contribution in [-0.4, -0.2) is 48.5 Å². The summed E-state index contributed by atoms with van der Waals surface area (Å²) in [6.45, 7) is 4.96. The van der Waals surface area contributed by atoms with Gasteiger partial charge in [-0.25, -0.2) is 0 Å². The SMILES string of the molecule is COC(=O)Cc1c[nH]c2cccc(OCC(O)C[NH2+]C(C)C)c12.[Cl-]. The van der Waals surface area contributed by atoms with Crippen molar-refractivity contribution in [2.24, 2.45) is 0 Å². The summed E-state index contributed by atoms with van der Waals surface area (Å²) < 4.78 is 10.5. The number of hydrogen-bond acceptors (Lipinski definition) is 4. The number of rotatable bonds is 8. The van der Waals surface area contributed by atoms with Crippen molar-refractivity contribution in [3.05, 3.63) is 30.0 Å². The van der Waals surface area contributed by atoms with E-state index in [0.29, 0.717) is 18.3 Å². The highest BCUT2D eigenvalue weighted by atomic mass is 35.5. The van der Waals surface area contributed by atoms with E-state index < -0.39 is 6.10 Å². The highest BCUT2D eigenvalue weighted by Crippen LogP contribution is 2.29. The predicted molar refractivity (Wildman–Crippen MR) is 87.4 cm³/mol. The quantitative estimate of drug-likeness (QED) is 0.460. The van der Waals surface area contributed by atoms with Gasteiger partial charge in [0.25, 0.3) is 0 Å². The molecule has 0 bridgehead atoms. The van der Waals surface area contributed by atoms with Gasteiger partial charge in [-0.05, 0) is 31.5 Å². The van der Waals surface area contributed by atoms with E-state index >= 15 is 0 Å². The van der Waals surface area contributed by atoms with Crippen LogP contribution in [0.1, 0.15) is 19.4 Å². The Labute approximate surface area is 147 Å². The number of benzene rings is 1. The van der Waals surface area contributed by atoms with Crippen LogP contribution in [-0.2, 0) is 16.0 Å². The van der Waals surface area contributed by atoms with E-state index in [1.165, 1.54) is 7.11 Å². The van der Waals surface area contributed by atoms with Gasteiger partial charge in [0.1, 0.15) is 25.0 Å². The van der Waals surface area contributed by atoms with E-state index in [0.717, 1.165) is 16.5 Å². The molecule has 4 N–H and O–H groups in total. The molecule has 0 radical (unpaired) electrons. The first-order valence-corrected chi connectivity index (χ1v) is 7.81. The summed E-state index contributed by atoms with van der Waals surface area (Å²) in [7, 11) is 1.37. The third-order valence-corrected chi connectivity index (χ3v) is 3.62. The second-order valence-corrected chi connectivity index (χ2v) is 5.93. The lowest BCUT2D eigenvalue weighted by Crippen LogP contribution is -3.00. The number of ether oxygens (including phenoxy) is 2. The normalized spacial score (nSPS) is 12.0. The van der Waals surface area contributed by atoms with Gasteiger partial charge in [0.15, 0.2) is 0 Å². The molecule has 134 valence electrons. The molecule has 7 heteroatoms. The van der Waals surface area contributed by atoms with Crippen LogP contribution in [0.3, 0.4) is 0 Å². The minimum Gasteiger partial charge on any atom is -1.00 e. The maximum atomic E-state index is 11.5. The van der Waals surface area contributed by atoms with Crippen molar-refractivity contribution in [2.75, 3.05) is 20.3 Å². The lowest BCUT2D eigenvalue weighted by molar-refractivity contribution is -0.688. The van der Waals surface area contributed by atoms with E-state index in [1.807, 2.05) is 18.2 Å². The van der Waals surface area contributed by atoms with Crippen LogP contribution >= 0.6 is 0 Å². The van der Waals surface area contributed by atoms with Crippen LogP contribution in [0.25, 0.3) is 10.9 Å². The molecule has 1 aromatic heterocycles. The largest absolute Gasteiger partial charge is 1.00 e. The first-order valence-electron chi connectivity index (χ1n) is 7.81. The molecule has 2 rings (SSSR count). The van der Waals surface area contributed by atoms with E-state index in [4.69, 9.17) is 9.47 Å². The van der Waals surface area contributed by atoms with E-state index in [1.54, 1.807) is 6.20 Å². The zero-order valence-electron chi connectivity index (χ0n) is 14.2. The fourth-order valence-corrected chi connectivity index (χ4v) is 2.39. The van der Waals surface area contributed by atoms with Crippen LogP contribution in [0.15, 0.2) is 24.4 Å². The summed E-state index contributed by atoms with van der Waals surface area (Å²) in [4.78, 5) is 14.7. The number of methoxy groups -OCH3 is 1. The number of hydrogen-bond donors (Lipinski definition) is 3. The number of aromatic nitrogens is 1. The van der Waals surface area contributed by atoms with Crippen molar-refractivity contribution in [3.8, 4) is 5.75 Å². The van der Waals surface area contributed by atoms with Gasteiger partial charge in [0.05, 0.1) is 19.6 Å². The van der Waals surface area contributed by atoms with Crippen molar-refractivity contribution in [3.63, 3.8) is 0 Å². The number of nitrogens with two attached hydrogens (primary N) is 1.